The summed E-state index contributed by atoms with van der Waals surface area (Å²) in [6.45, 7) is 0.0762. The molecule has 2 aliphatic heterocycles. The second kappa shape index (κ2) is 6.98. The Hall–Kier alpha value is -2.23. The number of hydrogen-bond donors (Lipinski definition) is 0. The van der Waals surface area contributed by atoms with Gasteiger partial charge in [0, 0.05) is 6.07 Å². The van der Waals surface area contributed by atoms with Crippen LogP contribution in [0.15, 0.2) is 41.3 Å². The average molecular weight is 444 g/mol. The van der Waals surface area contributed by atoms with Gasteiger partial charge >= 0.3 is 6.18 Å². The highest BCUT2D eigenvalue weighted by Crippen LogP contribution is 2.41. The fourth-order valence-electron chi connectivity index (χ4n) is 2.70. The second-order valence-corrected chi connectivity index (χ2v) is 7.88. The molecule has 2 aromatic carbocycles. The molecule has 0 unspecified atom stereocenters. The maximum Gasteiger partial charge on any atom is 0.416 e. The summed E-state index contributed by atoms with van der Waals surface area (Å²) in [4.78, 5) is 14.1. The lowest BCUT2D eigenvalue weighted by Crippen LogP contribution is -2.27. The molecule has 2 aliphatic rings. The molecule has 10 heteroatoms. The topological polar surface area (TPSA) is 38.8 Å². The number of amides is 1. The van der Waals surface area contributed by atoms with Crippen molar-refractivity contribution in [3.63, 3.8) is 0 Å². The van der Waals surface area contributed by atoms with Crippen LogP contribution in [0.5, 0.6) is 11.5 Å². The van der Waals surface area contributed by atoms with Crippen LogP contribution in [0, 0.1) is 0 Å². The van der Waals surface area contributed by atoms with Gasteiger partial charge in [0.05, 0.1) is 21.2 Å². The average Bonchev–Trinajstić information content (AvgIpc) is 3.18. The third-order valence-corrected chi connectivity index (χ3v) is 5.63. The Labute approximate surface area is 171 Å². The Bertz CT molecular complexity index is 1040. The molecule has 0 spiro atoms. The molecule has 2 aromatic rings. The van der Waals surface area contributed by atoms with E-state index in [2.05, 4.69) is 0 Å². The summed E-state index contributed by atoms with van der Waals surface area (Å²) in [5.41, 5.74) is -0.296. The Morgan fingerprint density at radius 3 is 2.61 bits per heavy atom. The molecule has 0 atom stereocenters. The first-order chi connectivity index (χ1) is 13.2. The molecule has 0 bridgehead atoms. The van der Waals surface area contributed by atoms with Crippen molar-refractivity contribution in [3.8, 4) is 11.5 Å². The van der Waals surface area contributed by atoms with Crippen LogP contribution in [-0.4, -0.2) is 17.0 Å². The molecule has 144 valence electrons. The molecule has 0 N–H and O–H groups in total. The number of anilines is 1. The number of fused-ring (bicyclic) bond motifs is 1. The van der Waals surface area contributed by atoms with E-state index in [4.69, 9.17) is 33.3 Å². The van der Waals surface area contributed by atoms with Crippen LogP contribution >= 0.6 is 35.6 Å². The van der Waals surface area contributed by atoms with E-state index in [1.165, 1.54) is 18.2 Å². The number of rotatable bonds is 2. The number of alkyl halides is 3. The van der Waals surface area contributed by atoms with Crippen LogP contribution in [0.4, 0.5) is 18.9 Å². The lowest BCUT2D eigenvalue weighted by molar-refractivity contribution is -0.137. The van der Waals surface area contributed by atoms with Gasteiger partial charge in [-0.15, -0.1) is 0 Å². The Morgan fingerprint density at radius 2 is 1.89 bits per heavy atom. The number of halogens is 4. The van der Waals surface area contributed by atoms with Crippen molar-refractivity contribution in [1.29, 1.82) is 0 Å². The molecule has 2 heterocycles. The van der Waals surface area contributed by atoms with Gasteiger partial charge < -0.3 is 9.47 Å². The van der Waals surface area contributed by atoms with E-state index in [1.54, 1.807) is 12.1 Å². The summed E-state index contributed by atoms with van der Waals surface area (Å²) < 4.78 is 49.6. The second-order valence-electron chi connectivity index (χ2n) is 5.79. The molecule has 0 aliphatic carbocycles. The van der Waals surface area contributed by atoms with E-state index < -0.39 is 17.6 Å². The number of thioether (sulfide) groups is 1. The quantitative estimate of drug-likeness (QED) is 0.453. The van der Waals surface area contributed by atoms with Gasteiger partial charge in [0.1, 0.15) is 0 Å². The third-order valence-electron chi connectivity index (χ3n) is 4.00. The number of carbonyl (C=O) groups excluding carboxylic acids is 1. The van der Waals surface area contributed by atoms with Crippen molar-refractivity contribution in [1.82, 2.24) is 0 Å². The SMILES string of the molecule is O=C1/C(=C/c2cc3c(cc2Cl)OCO3)SC(=S)N1c1cccc(C(F)(F)F)c1. The normalized spacial score (nSPS) is 17.7. The monoisotopic (exact) mass is 443 g/mol. The Balaban J connectivity index is 1.68. The van der Waals surface area contributed by atoms with Crippen molar-refractivity contribution in [2.75, 3.05) is 11.7 Å². The minimum absolute atomic E-state index is 0.0532. The Morgan fingerprint density at radius 1 is 1.18 bits per heavy atom. The number of benzene rings is 2. The Kier molecular flexibility index (Phi) is 4.76. The molecule has 1 saturated heterocycles. The van der Waals surface area contributed by atoms with Gasteiger partial charge in [0.2, 0.25) is 6.79 Å². The molecule has 0 aromatic heterocycles. The van der Waals surface area contributed by atoms with Crippen molar-refractivity contribution in [3.05, 3.63) is 57.5 Å². The summed E-state index contributed by atoms with van der Waals surface area (Å²) in [5.74, 6) is 0.464. The van der Waals surface area contributed by atoms with Crippen LogP contribution in [0.3, 0.4) is 0 Å². The molecular weight excluding hydrogens is 435 g/mol. The summed E-state index contributed by atoms with van der Waals surface area (Å²) in [6.07, 6.45) is -3.00. The molecule has 1 amide bonds. The fraction of sp³-hybridized carbons (Fsp3) is 0.111. The smallest absolute Gasteiger partial charge is 0.416 e. The van der Waals surface area contributed by atoms with Crippen LogP contribution in [-0.2, 0) is 11.0 Å². The van der Waals surface area contributed by atoms with Crippen LogP contribution in [0.2, 0.25) is 5.02 Å². The minimum Gasteiger partial charge on any atom is -0.454 e. The molecular formula is C18H9ClF3NO3S2. The van der Waals surface area contributed by atoms with Crippen LogP contribution in [0.25, 0.3) is 6.08 Å². The van der Waals surface area contributed by atoms with Crippen LogP contribution < -0.4 is 14.4 Å². The maximum atomic E-state index is 13.0. The summed E-state index contributed by atoms with van der Waals surface area (Å²) in [6, 6.07) is 7.65. The van der Waals surface area contributed by atoms with Crippen molar-refractivity contribution < 1.29 is 27.4 Å². The molecule has 28 heavy (non-hydrogen) atoms. The zero-order chi connectivity index (χ0) is 20.1. The van der Waals surface area contributed by atoms with Gasteiger partial charge in [-0.1, -0.05) is 41.6 Å². The summed E-state index contributed by atoms with van der Waals surface area (Å²) >= 11 is 12.4. The molecule has 4 nitrogen and oxygen atoms in total. The predicted octanol–water partition coefficient (Wildman–Crippen LogP) is 5.49. The fourth-order valence-corrected chi connectivity index (χ4v) is 4.19. The molecule has 1 fully saturated rings. The zero-order valence-corrected chi connectivity index (χ0v) is 16.1. The lowest BCUT2D eigenvalue weighted by Gasteiger charge is -2.16. The highest BCUT2D eigenvalue weighted by Gasteiger charge is 2.36. The molecule has 0 saturated carbocycles. The standard InChI is InChI=1S/C18H9ClF3NO3S2/c19-12-7-14-13(25-8-26-14)4-9(12)5-15-16(24)23(17(27)28-15)11-3-1-2-10(6-11)18(20,21)22/h1-7H,8H2/b15-5-. The predicted molar refractivity (Wildman–Crippen MR) is 105 cm³/mol. The van der Waals surface area contributed by atoms with Crippen molar-refractivity contribution >= 4 is 57.6 Å². The van der Waals surface area contributed by atoms with E-state index in [0.29, 0.717) is 22.1 Å². The first-order valence-electron chi connectivity index (χ1n) is 7.78. The number of thiocarbonyl (C=S) groups is 1. The van der Waals surface area contributed by atoms with Gasteiger partial charge in [-0.05, 0) is 35.9 Å². The van der Waals surface area contributed by atoms with Gasteiger partial charge in [0.25, 0.3) is 5.91 Å². The van der Waals surface area contributed by atoms with Crippen molar-refractivity contribution in [2.45, 2.75) is 6.18 Å². The van der Waals surface area contributed by atoms with Gasteiger partial charge in [-0.25, -0.2) is 0 Å². The van der Waals surface area contributed by atoms with E-state index >= 15 is 0 Å². The van der Waals surface area contributed by atoms with E-state index in [1.807, 2.05) is 0 Å². The third kappa shape index (κ3) is 3.45. The lowest BCUT2D eigenvalue weighted by atomic mass is 10.1. The first kappa shape index (κ1) is 19.1. The number of carbonyl (C=O) groups is 1. The largest absolute Gasteiger partial charge is 0.454 e. The van der Waals surface area contributed by atoms with Crippen molar-refractivity contribution in [2.24, 2.45) is 0 Å². The number of hydrogen-bond acceptors (Lipinski definition) is 5. The van der Waals surface area contributed by atoms with E-state index in [9.17, 15) is 18.0 Å². The highest BCUT2D eigenvalue weighted by atomic mass is 35.5. The molecule has 0 radical (unpaired) electrons. The summed E-state index contributed by atoms with van der Waals surface area (Å²) in [7, 11) is 0. The molecule has 4 rings (SSSR count). The zero-order valence-electron chi connectivity index (χ0n) is 13.7. The number of ether oxygens (including phenoxy) is 2. The summed E-state index contributed by atoms with van der Waals surface area (Å²) in [5, 5.41) is 0.341. The minimum atomic E-state index is -4.52. The van der Waals surface area contributed by atoms with Gasteiger partial charge in [-0.3, -0.25) is 9.69 Å². The van der Waals surface area contributed by atoms with Gasteiger partial charge in [-0.2, -0.15) is 13.2 Å². The van der Waals surface area contributed by atoms with E-state index in [-0.39, 0.29) is 21.7 Å². The first-order valence-corrected chi connectivity index (χ1v) is 9.38. The number of nitrogens with zero attached hydrogens (tertiary/aromatic N) is 1. The van der Waals surface area contributed by atoms with Gasteiger partial charge in [0.15, 0.2) is 15.8 Å². The maximum absolute atomic E-state index is 13.0. The van der Waals surface area contributed by atoms with E-state index in [0.717, 1.165) is 28.8 Å². The highest BCUT2D eigenvalue weighted by molar-refractivity contribution is 8.27. The van der Waals surface area contributed by atoms with Crippen LogP contribution in [0.1, 0.15) is 11.1 Å².